The van der Waals surface area contributed by atoms with Gasteiger partial charge in [-0.3, -0.25) is 5.32 Å². The number of thiazole rings is 1. The van der Waals surface area contributed by atoms with Gasteiger partial charge in [-0.1, -0.05) is 6.07 Å². The molecule has 1 N–H and O–H groups in total. The molecular formula is C16H19FN2S. The zero-order valence-corrected chi connectivity index (χ0v) is 12.9. The van der Waals surface area contributed by atoms with Crippen LogP contribution in [0.15, 0.2) is 23.6 Å². The molecule has 0 spiro atoms. The lowest BCUT2D eigenvalue weighted by molar-refractivity contribution is 0.361. The Morgan fingerprint density at radius 1 is 1.40 bits per heavy atom. The molecule has 3 rings (SSSR count). The molecule has 2 nitrogen and oxygen atoms in total. The van der Waals surface area contributed by atoms with Gasteiger partial charge in [0.05, 0.1) is 5.54 Å². The number of benzene rings is 1. The van der Waals surface area contributed by atoms with Crippen molar-refractivity contribution in [1.82, 2.24) is 10.3 Å². The van der Waals surface area contributed by atoms with E-state index in [0.717, 1.165) is 29.1 Å². The number of nitrogens with one attached hydrogen (secondary N) is 1. The highest BCUT2D eigenvalue weighted by Crippen LogP contribution is 2.43. The van der Waals surface area contributed by atoms with E-state index in [2.05, 4.69) is 24.5 Å². The lowest BCUT2D eigenvalue weighted by atomic mass is 9.91. The first kappa shape index (κ1) is 13.7. The molecule has 0 amide bonds. The highest BCUT2D eigenvalue weighted by Gasteiger charge is 2.42. The third kappa shape index (κ3) is 2.17. The summed E-state index contributed by atoms with van der Waals surface area (Å²) >= 11 is 1.69. The van der Waals surface area contributed by atoms with Crippen LogP contribution >= 0.6 is 11.3 Å². The van der Waals surface area contributed by atoms with Crippen molar-refractivity contribution in [3.8, 4) is 0 Å². The minimum atomic E-state index is -0.254. The van der Waals surface area contributed by atoms with Crippen LogP contribution in [0.5, 0.6) is 0 Å². The van der Waals surface area contributed by atoms with E-state index >= 15 is 0 Å². The van der Waals surface area contributed by atoms with Crippen LogP contribution in [-0.4, -0.2) is 11.0 Å². The van der Waals surface area contributed by atoms with Gasteiger partial charge in [0.1, 0.15) is 10.8 Å². The quantitative estimate of drug-likeness (QED) is 0.930. The van der Waals surface area contributed by atoms with E-state index in [0.29, 0.717) is 6.04 Å². The molecular weight excluding hydrogens is 271 g/mol. The number of aromatic nitrogens is 1. The summed E-state index contributed by atoms with van der Waals surface area (Å²) in [5, 5.41) is 6.86. The summed E-state index contributed by atoms with van der Waals surface area (Å²) in [6, 6.07) is 5.49. The van der Waals surface area contributed by atoms with Crippen molar-refractivity contribution >= 4 is 11.3 Å². The number of rotatable bonds is 3. The Balaban J connectivity index is 2.15. The Bertz CT molecular complexity index is 635. The van der Waals surface area contributed by atoms with Gasteiger partial charge < -0.3 is 0 Å². The van der Waals surface area contributed by atoms with Gasteiger partial charge in [-0.2, -0.15) is 0 Å². The predicted octanol–water partition coefficient (Wildman–Crippen LogP) is 3.78. The lowest BCUT2D eigenvalue weighted by Gasteiger charge is -2.32. The lowest BCUT2D eigenvalue weighted by Crippen LogP contribution is -2.45. The second-order valence-corrected chi connectivity index (χ2v) is 6.66. The summed E-state index contributed by atoms with van der Waals surface area (Å²) in [6.07, 6.45) is 1.84. The third-order valence-electron chi connectivity index (χ3n) is 3.82. The van der Waals surface area contributed by atoms with E-state index in [1.807, 2.05) is 13.0 Å². The van der Waals surface area contributed by atoms with Crippen LogP contribution in [0.3, 0.4) is 0 Å². The molecule has 1 aliphatic carbocycles. The van der Waals surface area contributed by atoms with Gasteiger partial charge in [0, 0.05) is 17.1 Å². The normalized spacial score (nSPS) is 21.4. The minimum Gasteiger partial charge on any atom is -0.299 e. The Morgan fingerprint density at radius 2 is 2.20 bits per heavy atom. The van der Waals surface area contributed by atoms with Crippen LogP contribution in [0.1, 0.15) is 42.1 Å². The second-order valence-electron chi connectivity index (χ2n) is 5.80. The molecule has 0 aliphatic heterocycles. The molecule has 106 valence electrons. The van der Waals surface area contributed by atoms with Crippen LogP contribution in [0.4, 0.5) is 4.39 Å². The van der Waals surface area contributed by atoms with Crippen molar-refractivity contribution in [2.24, 2.45) is 0 Å². The highest BCUT2D eigenvalue weighted by molar-refractivity contribution is 7.09. The molecule has 0 saturated heterocycles. The summed E-state index contributed by atoms with van der Waals surface area (Å²) in [7, 11) is 0. The van der Waals surface area contributed by atoms with Crippen LogP contribution in [0, 0.1) is 12.7 Å². The summed E-state index contributed by atoms with van der Waals surface area (Å²) in [5.74, 6) is -0.153. The van der Waals surface area contributed by atoms with Gasteiger partial charge in [-0.25, -0.2) is 9.37 Å². The van der Waals surface area contributed by atoms with E-state index < -0.39 is 0 Å². The van der Waals surface area contributed by atoms with Crippen molar-refractivity contribution in [3.63, 3.8) is 0 Å². The standard InChI is InChI=1S/C16H19FN2S/c1-10(2)19-16(15-18-11(3)9-20-15)7-6-12-8-13(17)4-5-14(12)16/h4-5,8-10,19H,6-7H2,1-3H3. The fourth-order valence-electron chi connectivity index (χ4n) is 3.12. The Hall–Kier alpha value is -1.26. The highest BCUT2D eigenvalue weighted by atomic mass is 32.1. The molecule has 1 heterocycles. The monoisotopic (exact) mass is 290 g/mol. The van der Waals surface area contributed by atoms with Crippen LogP contribution in [-0.2, 0) is 12.0 Å². The second kappa shape index (κ2) is 4.93. The topological polar surface area (TPSA) is 24.9 Å². The summed E-state index contributed by atoms with van der Waals surface area (Å²) in [5.41, 5.74) is 3.08. The summed E-state index contributed by atoms with van der Waals surface area (Å²) in [6.45, 7) is 6.30. The van der Waals surface area contributed by atoms with Crippen LogP contribution in [0.25, 0.3) is 0 Å². The average Bonchev–Trinajstić information content (AvgIpc) is 2.94. The molecule has 2 aromatic rings. The van der Waals surface area contributed by atoms with Crippen molar-refractivity contribution in [1.29, 1.82) is 0 Å². The van der Waals surface area contributed by atoms with Gasteiger partial charge >= 0.3 is 0 Å². The van der Waals surface area contributed by atoms with Gasteiger partial charge in [0.2, 0.25) is 0 Å². The van der Waals surface area contributed by atoms with Crippen molar-refractivity contribution in [3.05, 3.63) is 51.2 Å². The molecule has 20 heavy (non-hydrogen) atoms. The first-order valence-electron chi connectivity index (χ1n) is 7.00. The first-order chi connectivity index (χ1) is 9.51. The fraction of sp³-hybridized carbons (Fsp3) is 0.438. The van der Waals surface area contributed by atoms with Crippen molar-refractivity contribution < 1.29 is 4.39 Å². The maximum Gasteiger partial charge on any atom is 0.123 e. The zero-order chi connectivity index (χ0) is 14.3. The Kier molecular flexibility index (Phi) is 3.38. The number of nitrogens with zero attached hydrogens (tertiary/aromatic N) is 1. The minimum absolute atomic E-state index is 0.153. The SMILES string of the molecule is Cc1csc(C2(NC(C)C)CCc3cc(F)ccc32)n1. The molecule has 0 bridgehead atoms. The van der Waals surface area contributed by atoms with Gasteiger partial charge in [0.25, 0.3) is 0 Å². The molecule has 0 saturated carbocycles. The largest absolute Gasteiger partial charge is 0.299 e. The van der Waals surface area contributed by atoms with Crippen molar-refractivity contribution in [2.75, 3.05) is 0 Å². The molecule has 0 radical (unpaired) electrons. The molecule has 4 heteroatoms. The number of fused-ring (bicyclic) bond motifs is 1. The molecule has 1 aromatic heterocycles. The van der Waals surface area contributed by atoms with E-state index in [1.54, 1.807) is 23.5 Å². The van der Waals surface area contributed by atoms with Crippen LogP contribution in [0.2, 0.25) is 0 Å². The van der Waals surface area contributed by atoms with E-state index in [1.165, 1.54) is 5.56 Å². The predicted molar refractivity (Wildman–Crippen MR) is 80.6 cm³/mol. The molecule has 1 aromatic carbocycles. The maximum absolute atomic E-state index is 13.4. The summed E-state index contributed by atoms with van der Waals surface area (Å²) in [4.78, 5) is 4.70. The summed E-state index contributed by atoms with van der Waals surface area (Å²) < 4.78 is 13.4. The Morgan fingerprint density at radius 3 is 2.85 bits per heavy atom. The Labute approximate surface area is 123 Å². The van der Waals surface area contributed by atoms with Crippen molar-refractivity contribution in [2.45, 2.75) is 45.2 Å². The van der Waals surface area contributed by atoms with E-state index in [-0.39, 0.29) is 11.4 Å². The average molecular weight is 290 g/mol. The number of halogens is 1. The van der Waals surface area contributed by atoms with Gasteiger partial charge in [0.15, 0.2) is 0 Å². The molecule has 1 aliphatic rings. The van der Waals surface area contributed by atoms with Crippen LogP contribution < -0.4 is 5.32 Å². The zero-order valence-electron chi connectivity index (χ0n) is 12.0. The number of aryl methyl sites for hydroxylation is 2. The van der Waals surface area contributed by atoms with E-state index in [4.69, 9.17) is 4.98 Å². The number of hydrogen-bond acceptors (Lipinski definition) is 3. The smallest absolute Gasteiger partial charge is 0.123 e. The fourth-order valence-corrected chi connectivity index (χ4v) is 4.12. The molecule has 1 unspecified atom stereocenters. The maximum atomic E-state index is 13.4. The molecule has 0 fully saturated rings. The van der Waals surface area contributed by atoms with Gasteiger partial charge in [-0.05, 0) is 56.9 Å². The first-order valence-corrected chi connectivity index (χ1v) is 7.88. The van der Waals surface area contributed by atoms with Gasteiger partial charge in [-0.15, -0.1) is 11.3 Å². The third-order valence-corrected chi connectivity index (χ3v) is 4.94. The molecule has 1 atom stereocenters. The van der Waals surface area contributed by atoms with E-state index in [9.17, 15) is 4.39 Å². The number of hydrogen-bond donors (Lipinski definition) is 1.